The molecule has 3 N–H and O–H groups in total. The third-order valence-corrected chi connectivity index (χ3v) is 6.25. The van der Waals surface area contributed by atoms with Crippen molar-refractivity contribution in [1.29, 1.82) is 0 Å². The molecule has 192 valence electrons. The number of ether oxygens (including phenoxy) is 2. The second-order valence-corrected chi connectivity index (χ2v) is 9.88. The van der Waals surface area contributed by atoms with Gasteiger partial charge in [0.2, 0.25) is 0 Å². The lowest BCUT2D eigenvalue weighted by molar-refractivity contribution is 0.0396. The lowest BCUT2D eigenvalue weighted by Gasteiger charge is -2.27. The number of hydrogen-bond donors (Lipinski definition) is 2. The smallest absolute Gasteiger partial charge is 0.163 e. The minimum absolute atomic E-state index is 0.0311. The van der Waals surface area contributed by atoms with E-state index < -0.39 is 17.0 Å². The first-order chi connectivity index (χ1) is 16.9. The molecular formula is C28H32ClFN2O4. The van der Waals surface area contributed by atoms with Crippen LogP contribution in [0.4, 0.5) is 4.39 Å². The molecule has 3 aromatic rings. The second-order valence-electron chi connectivity index (χ2n) is 9.47. The van der Waals surface area contributed by atoms with Crippen LogP contribution >= 0.6 is 11.6 Å². The minimum atomic E-state index is -1.44. The molecule has 0 radical (unpaired) electrons. The molecule has 0 saturated carbocycles. The number of carbonyl (C=O) groups is 1. The average molecular weight is 515 g/mol. The lowest BCUT2D eigenvalue weighted by atomic mass is 9.88. The number of pyridine rings is 1. The topological polar surface area (TPSA) is 94.7 Å². The summed E-state index contributed by atoms with van der Waals surface area (Å²) >= 11 is 5.98. The number of Topliss-reactive ketones (excluding diaryl/α,β-unsaturated/α-hetero) is 1. The summed E-state index contributed by atoms with van der Waals surface area (Å²) in [5, 5.41) is 11.3. The van der Waals surface area contributed by atoms with Crippen molar-refractivity contribution in [2.75, 3.05) is 13.7 Å². The summed E-state index contributed by atoms with van der Waals surface area (Å²) in [6.07, 6.45) is 0.187. The van der Waals surface area contributed by atoms with Gasteiger partial charge in [-0.1, -0.05) is 11.6 Å². The molecule has 0 aliphatic heterocycles. The molecule has 0 saturated heterocycles. The van der Waals surface area contributed by atoms with Crippen molar-refractivity contribution < 1.29 is 23.8 Å². The Morgan fingerprint density at radius 1 is 1.11 bits per heavy atom. The molecule has 1 atom stereocenters. The minimum Gasteiger partial charge on any atom is -0.493 e. The van der Waals surface area contributed by atoms with Gasteiger partial charge in [-0.3, -0.25) is 4.79 Å². The lowest BCUT2D eigenvalue weighted by Crippen LogP contribution is -2.31. The molecule has 36 heavy (non-hydrogen) atoms. The number of methoxy groups -OCH3 is 1. The van der Waals surface area contributed by atoms with Crippen LogP contribution in [0, 0.1) is 5.82 Å². The third kappa shape index (κ3) is 6.40. The Labute approximate surface area is 216 Å². The van der Waals surface area contributed by atoms with E-state index in [9.17, 15) is 14.3 Å². The Hall–Kier alpha value is -3.00. The van der Waals surface area contributed by atoms with Crippen LogP contribution in [0.2, 0.25) is 5.02 Å². The molecule has 0 fully saturated rings. The highest BCUT2D eigenvalue weighted by atomic mass is 35.5. The Bertz CT molecular complexity index is 1250. The largest absolute Gasteiger partial charge is 0.493 e. The maximum absolute atomic E-state index is 13.7. The summed E-state index contributed by atoms with van der Waals surface area (Å²) < 4.78 is 24.6. The van der Waals surface area contributed by atoms with Crippen molar-refractivity contribution in [1.82, 2.24) is 4.98 Å². The van der Waals surface area contributed by atoms with Gasteiger partial charge in [-0.25, -0.2) is 9.37 Å². The number of aromatic nitrogens is 1. The van der Waals surface area contributed by atoms with Gasteiger partial charge in [0.25, 0.3) is 0 Å². The number of halogens is 2. The monoisotopic (exact) mass is 514 g/mol. The van der Waals surface area contributed by atoms with Crippen LogP contribution < -0.4 is 15.2 Å². The molecule has 8 heteroatoms. The summed E-state index contributed by atoms with van der Waals surface area (Å²) in [6, 6.07) is 12.8. The maximum atomic E-state index is 13.7. The van der Waals surface area contributed by atoms with Gasteiger partial charge in [0.1, 0.15) is 11.4 Å². The Morgan fingerprint density at radius 2 is 1.83 bits per heavy atom. The van der Waals surface area contributed by atoms with E-state index in [0.29, 0.717) is 40.6 Å². The van der Waals surface area contributed by atoms with Crippen molar-refractivity contribution in [2.45, 2.75) is 51.7 Å². The van der Waals surface area contributed by atoms with E-state index >= 15 is 0 Å². The zero-order valence-electron chi connectivity index (χ0n) is 21.2. The number of nitrogens with zero attached hydrogens (tertiary/aromatic N) is 1. The zero-order valence-corrected chi connectivity index (χ0v) is 21.9. The summed E-state index contributed by atoms with van der Waals surface area (Å²) in [4.78, 5) is 17.6. The quantitative estimate of drug-likeness (QED) is 0.321. The number of nitrogens with two attached hydrogens (primary N) is 1. The molecular weight excluding hydrogens is 483 g/mol. The Balaban J connectivity index is 1.90. The van der Waals surface area contributed by atoms with Crippen LogP contribution in [-0.4, -0.2) is 29.6 Å². The van der Waals surface area contributed by atoms with Crippen LogP contribution in [0.25, 0.3) is 11.3 Å². The predicted molar refractivity (Wildman–Crippen MR) is 139 cm³/mol. The first-order valence-electron chi connectivity index (χ1n) is 11.7. The van der Waals surface area contributed by atoms with Gasteiger partial charge in [-0.05, 0) is 88.2 Å². The number of hydrogen-bond acceptors (Lipinski definition) is 6. The molecule has 6 nitrogen and oxygen atoms in total. The molecule has 1 heterocycles. The van der Waals surface area contributed by atoms with Gasteiger partial charge in [0.15, 0.2) is 17.3 Å². The summed E-state index contributed by atoms with van der Waals surface area (Å²) in [7, 11) is 1.51. The van der Waals surface area contributed by atoms with E-state index in [1.807, 2.05) is 20.8 Å². The van der Waals surface area contributed by atoms with E-state index in [1.54, 1.807) is 43.3 Å². The summed E-state index contributed by atoms with van der Waals surface area (Å²) in [6.45, 7) is 7.63. The fourth-order valence-corrected chi connectivity index (χ4v) is 3.91. The van der Waals surface area contributed by atoms with E-state index in [-0.39, 0.29) is 23.6 Å². The first-order valence-corrected chi connectivity index (χ1v) is 12.1. The number of ketones is 1. The van der Waals surface area contributed by atoms with Gasteiger partial charge < -0.3 is 20.3 Å². The maximum Gasteiger partial charge on any atom is 0.163 e. The fraction of sp³-hybridized carbons (Fsp3) is 0.357. The van der Waals surface area contributed by atoms with Crippen molar-refractivity contribution in [3.63, 3.8) is 0 Å². The van der Waals surface area contributed by atoms with Crippen molar-refractivity contribution in [3.05, 3.63) is 76.2 Å². The highest BCUT2D eigenvalue weighted by Gasteiger charge is 2.29. The van der Waals surface area contributed by atoms with Gasteiger partial charge >= 0.3 is 0 Å². The van der Waals surface area contributed by atoms with Gasteiger partial charge in [-0.15, -0.1) is 0 Å². The van der Waals surface area contributed by atoms with Crippen molar-refractivity contribution in [3.8, 4) is 22.8 Å². The zero-order chi connectivity index (χ0) is 26.7. The molecule has 0 aliphatic rings. The molecule has 1 aromatic heterocycles. The van der Waals surface area contributed by atoms with Gasteiger partial charge in [0, 0.05) is 23.1 Å². The molecule has 1 unspecified atom stereocenters. The van der Waals surface area contributed by atoms with Crippen molar-refractivity contribution in [2.24, 2.45) is 5.73 Å². The van der Waals surface area contributed by atoms with Crippen LogP contribution in [0.5, 0.6) is 11.5 Å². The van der Waals surface area contributed by atoms with E-state index in [4.69, 9.17) is 26.8 Å². The molecule has 0 aliphatic carbocycles. The Morgan fingerprint density at radius 3 is 2.44 bits per heavy atom. The first kappa shape index (κ1) is 27.6. The average Bonchev–Trinajstić information content (AvgIpc) is 2.84. The number of benzene rings is 2. The standard InChI is InChI=1S/C28H32ClFN2O4/c1-6-36-24-10-8-18(14-25(24)35-5)23(33)11-12-28(4,34)26-16-19(27(2,3)31)15-22(32-26)17-7-9-21(30)20(29)13-17/h7-10,13-16,34H,6,11-12,31H2,1-5H3. The summed E-state index contributed by atoms with van der Waals surface area (Å²) in [5.74, 6) is 0.337. The van der Waals surface area contributed by atoms with E-state index in [2.05, 4.69) is 4.98 Å². The van der Waals surface area contributed by atoms with Crippen LogP contribution in [0.1, 0.15) is 62.2 Å². The molecule has 3 rings (SSSR count). The number of aliphatic hydroxyl groups is 1. The van der Waals surface area contributed by atoms with Crippen LogP contribution in [0.15, 0.2) is 48.5 Å². The fourth-order valence-electron chi connectivity index (χ4n) is 3.73. The van der Waals surface area contributed by atoms with Crippen LogP contribution in [-0.2, 0) is 11.1 Å². The van der Waals surface area contributed by atoms with E-state index in [1.165, 1.54) is 19.2 Å². The summed E-state index contributed by atoms with van der Waals surface area (Å²) in [5.41, 5.74) is 6.80. The number of rotatable bonds is 10. The molecule has 2 aromatic carbocycles. The highest BCUT2D eigenvalue weighted by Crippen LogP contribution is 2.34. The van der Waals surface area contributed by atoms with Crippen molar-refractivity contribution >= 4 is 17.4 Å². The second kappa shape index (κ2) is 10.9. The van der Waals surface area contributed by atoms with E-state index in [0.717, 1.165) is 5.56 Å². The highest BCUT2D eigenvalue weighted by molar-refractivity contribution is 6.31. The van der Waals surface area contributed by atoms with Crippen LogP contribution in [0.3, 0.4) is 0 Å². The third-order valence-electron chi connectivity index (χ3n) is 5.96. The van der Waals surface area contributed by atoms with Gasteiger partial charge in [-0.2, -0.15) is 0 Å². The molecule has 0 bridgehead atoms. The normalized spacial score (nSPS) is 13.2. The molecule has 0 amide bonds. The molecule has 0 spiro atoms. The Kier molecular flexibility index (Phi) is 8.39. The number of carbonyl (C=O) groups excluding carboxylic acids is 1. The SMILES string of the molecule is CCOc1ccc(C(=O)CCC(C)(O)c2cc(C(C)(C)N)cc(-c3ccc(F)c(Cl)c3)n2)cc1OC. The van der Waals surface area contributed by atoms with Gasteiger partial charge in [0.05, 0.1) is 30.1 Å². The predicted octanol–water partition coefficient (Wildman–Crippen LogP) is 6.01.